The van der Waals surface area contributed by atoms with Crippen LogP contribution in [0, 0.1) is 0 Å². The summed E-state index contributed by atoms with van der Waals surface area (Å²) in [7, 11) is 2.20. The largest absolute Gasteiger partial charge is 0.399 e. The molecule has 0 radical (unpaired) electrons. The van der Waals surface area contributed by atoms with E-state index in [4.69, 9.17) is 10.7 Å². The first kappa shape index (κ1) is 11.3. The summed E-state index contributed by atoms with van der Waals surface area (Å²) < 4.78 is 2.50. The SMILES string of the molecule is CN1CCC(n2c(C3CC3)nc3cc(N)ccc32)C1. The second kappa shape index (κ2) is 3.97. The molecule has 2 fully saturated rings. The second-order valence-electron chi connectivity index (χ2n) is 6.07. The molecule has 2 heterocycles. The van der Waals surface area contributed by atoms with Crippen LogP contribution in [0.3, 0.4) is 0 Å². The smallest absolute Gasteiger partial charge is 0.113 e. The van der Waals surface area contributed by atoms with Crippen molar-refractivity contribution in [2.75, 3.05) is 25.9 Å². The molecule has 1 unspecified atom stereocenters. The zero-order valence-corrected chi connectivity index (χ0v) is 11.3. The molecule has 4 rings (SSSR count). The predicted molar refractivity (Wildman–Crippen MR) is 77.3 cm³/mol. The highest BCUT2D eigenvalue weighted by atomic mass is 15.2. The number of rotatable bonds is 2. The molecule has 1 saturated carbocycles. The minimum Gasteiger partial charge on any atom is -0.399 e. The van der Waals surface area contributed by atoms with E-state index in [1.165, 1.54) is 37.1 Å². The molecule has 100 valence electrons. The number of likely N-dealkylation sites (N-methyl/N-ethyl adjacent to an activating group) is 1. The van der Waals surface area contributed by atoms with Gasteiger partial charge in [0.15, 0.2) is 0 Å². The van der Waals surface area contributed by atoms with Gasteiger partial charge >= 0.3 is 0 Å². The molecule has 4 nitrogen and oxygen atoms in total. The third kappa shape index (κ3) is 1.82. The van der Waals surface area contributed by atoms with Crippen LogP contribution in [0.5, 0.6) is 0 Å². The van der Waals surface area contributed by atoms with E-state index in [0.717, 1.165) is 17.7 Å². The summed E-state index contributed by atoms with van der Waals surface area (Å²) in [5, 5.41) is 0. The topological polar surface area (TPSA) is 47.1 Å². The summed E-state index contributed by atoms with van der Waals surface area (Å²) in [4.78, 5) is 7.28. The molecule has 1 aromatic carbocycles. The molecule has 1 aromatic heterocycles. The average molecular weight is 256 g/mol. The molecule has 0 spiro atoms. The first-order chi connectivity index (χ1) is 9.22. The Balaban J connectivity index is 1.88. The number of nitrogen functional groups attached to an aromatic ring is 1. The van der Waals surface area contributed by atoms with E-state index < -0.39 is 0 Å². The van der Waals surface area contributed by atoms with Gasteiger partial charge in [-0.25, -0.2) is 4.98 Å². The number of hydrogen-bond acceptors (Lipinski definition) is 3. The van der Waals surface area contributed by atoms with Crippen molar-refractivity contribution in [2.24, 2.45) is 0 Å². The standard InChI is InChI=1S/C15H20N4/c1-18-7-6-12(9-18)19-14-5-4-11(16)8-13(14)17-15(19)10-2-3-10/h4-5,8,10,12H,2-3,6-7,9,16H2,1H3. The van der Waals surface area contributed by atoms with E-state index in [1.54, 1.807) is 0 Å². The highest BCUT2D eigenvalue weighted by Crippen LogP contribution is 2.42. The van der Waals surface area contributed by atoms with Crippen LogP contribution in [-0.2, 0) is 0 Å². The van der Waals surface area contributed by atoms with Crippen LogP contribution in [0.25, 0.3) is 11.0 Å². The number of benzene rings is 1. The zero-order chi connectivity index (χ0) is 13.0. The Kier molecular flexibility index (Phi) is 2.36. The van der Waals surface area contributed by atoms with Crippen molar-refractivity contribution < 1.29 is 0 Å². The van der Waals surface area contributed by atoms with E-state index in [-0.39, 0.29) is 0 Å². The fraction of sp³-hybridized carbons (Fsp3) is 0.533. The van der Waals surface area contributed by atoms with E-state index >= 15 is 0 Å². The zero-order valence-electron chi connectivity index (χ0n) is 11.3. The lowest BCUT2D eigenvalue weighted by molar-refractivity contribution is 0.392. The molecular weight excluding hydrogens is 236 g/mol. The quantitative estimate of drug-likeness (QED) is 0.839. The van der Waals surface area contributed by atoms with Crippen molar-refractivity contribution in [3.05, 3.63) is 24.0 Å². The van der Waals surface area contributed by atoms with Crippen molar-refractivity contribution in [1.29, 1.82) is 0 Å². The van der Waals surface area contributed by atoms with Crippen molar-refractivity contribution in [3.8, 4) is 0 Å². The number of hydrogen-bond donors (Lipinski definition) is 1. The van der Waals surface area contributed by atoms with Crippen molar-refractivity contribution in [3.63, 3.8) is 0 Å². The average Bonchev–Trinajstić information content (AvgIpc) is 3.04. The Bertz CT molecular complexity index is 626. The second-order valence-corrected chi connectivity index (χ2v) is 6.07. The maximum atomic E-state index is 5.89. The van der Waals surface area contributed by atoms with Gasteiger partial charge in [-0.15, -0.1) is 0 Å². The number of aromatic nitrogens is 2. The van der Waals surface area contributed by atoms with Crippen LogP contribution in [0.4, 0.5) is 5.69 Å². The molecule has 1 aliphatic heterocycles. The molecular formula is C15H20N4. The van der Waals surface area contributed by atoms with Gasteiger partial charge in [0, 0.05) is 24.2 Å². The minimum absolute atomic E-state index is 0.578. The lowest BCUT2D eigenvalue weighted by Crippen LogP contribution is -2.17. The summed E-state index contributed by atoms with van der Waals surface area (Å²) in [6.07, 6.45) is 3.81. The lowest BCUT2D eigenvalue weighted by Gasteiger charge is -2.16. The molecule has 2 N–H and O–H groups in total. The van der Waals surface area contributed by atoms with Gasteiger partial charge in [-0.2, -0.15) is 0 Å². The van der Waals surface area contributed by atoms with Gasteiger partial charge < -0.3 is 15.2 Å². The van der Waals surface area contributed by atoms with Crippen LogP contribution in [-0.4, -0.2) is 34.6 Å². The molecule has 4 heteroatoms. The van der Waals surface area contributed by atoms with Gasteiger partial charge in [0.25, 0.3) is 0 Å². The van der Waals surface area contributed by atoms with Crippen LogP contribution in [0.15, 0.2) is 18.2 Å². The van der Waals surface area contributed by atoms with Gasteiger partial charge in [-0.05, 0) is 51.1 Å². The molecule has 1 saturated heterocycles. The third-order valence-electron chi connectivity index (χ3n) is 4.41. The van der Waals surface area contributed by atoms with Crippen molar-refractivity contribution in [1.82, 2.24) is 14.5 Å². The number of imidazole rings is 1. The number of likely N-dealkylation sites (tertiary alicyclic amines) is 1. The Morgan fingerprint density at radius 3 is 2.79 bits per heavy atom. The van der Waals surface area contributed by atoms with E-state index in [2.05, 4.69) is 22.6 Å². The normalized spacial score (nSPS) is 24.4. The molecule has 2 aromatic rings. The highest BCUT2D eigenvalue weighted by molar-refractivity contribution is 5.80. The van der Waals surface area contributed by atoms with Gasteiger partial charge in [-0.3, -0.25) is 0 Å². The van der Waals surface area contributed by atoms with Gasteiger partial charge in [0.05, 0.1) is 11.0 Å². The van der Waals surface area contributed by atoms with Gasteiger partial charge in [0.2, 0.25) is 0 Å². The van der Waals surface area contributed by atoms with Crippen molar-refractivity contribution in [2.45, 2.75) is 31.2 Å². The minimum atomic E-state index is 0.578. The summed E-state index contributed by atoms with van der Waals surface area (Å²) in [5.41, 5.74) is 9.03. The Morgan fingerprint density at radius 2 is 2.11 bits per heavy atom. The van der Waals surface area contributed by atoms with Gasteiger partial charge in [0.1, 0.15) is 5.82 Å². The Hall–Kier alpha value is -1.55. The molecule has 1 atom stereocenters. The van der Waals surface area contributed by atoms with Crippen molar-refractivity contribution >= 4 is 16.7 Å². The van der Waals surface area contributed by atoms with E-state index in [9.17, 15) is 0 Å². The van der Waals surface area contributed by atoms with E-state index in [1.807, 2.05) is 12.1 Å². The molecule has 2 aliphatic rings. The highest BCUT2D eigenvalue weighted by Gasteiger charge is 2.33. The first-order valence-corrected chi connectivity index (χ1v) is 7.18. The Morgan fingerprint density at radius 1 is 1.26 bits per heavy atom. The number of nitrogens with two attached hydrogens (primary N) is 1. The molecule has 1 aliphatic carbocycles. The first-order valence-electron chi connectivity index (χ1n) is 7.18. The van der Waals surface area contributed by atoms with Crippen LogP contribution < -0.4 is 5.73 Å². The Labute approximate surface area is 113 Å². The molecule has 19 heavy (non-hydrogen) atoms. The maximum Gasteiger partial charge on any atom is 0.113 e. The third-order valence-corrected chi connectivity index (χ3v) is 4.41. The summed E-state index contributed by atoms with van der Waals surface area (Å²) in [5.74, 6) is 1.97. The van der Waals surface area contributed by atoms with Crippen LogP contribution in [0.1, 0.15) is 37.0 Å². The molecule has 0 amide bonds. The lowest BCUT2D eigenvalue weighted by atomic mass is 10.2. The predicted octanol–water partition coefficient (Wildman–Crippen LogP) is 2.37. The number of nitrogens with zero attached hydrogens (tertiary/aromatic N) is 3. The van der Waals surface area contributed by atoms with Gasteiger partial charge in [-0.1, -0.05) is 0 Å². The van der Waals surface area contributed by atoms with Crippen LogP contribution in [0.2, 0.25) is 0 Å². The summed E-state index contributed by atoms with van der Waals surface area (Å²) in [6.45, 7) is 2.32. The van der Waals surface area contributed by atoms with Crippen LogP contribution >= 0.6 is 0 Å². The maximum absolute atomic E-state index is 5.89. The number of anilines is 1. The van der Waals surface area contributed by atoms with E-state index in [0.29, 0.717) is 12.0 Å². The summed E-state index contributed by atoms with van der Waals surface area (Å²) in [6, 6.07) is 6.72. The summed E-state index contributed by atoms with van der Waals surface area (Å²) >= 11 is 0. The molecule has 0 bridgehead atoms. The monoisotopic (exact) mass is 256 g/mol. The fourth-order valence-corrected chi connectivity index (χ4v) is 3.27. The fourth-order valence-electron chi connectivity index (χ4n) is 3.27. The number of fused-ring (bicyclic) bond motifs is 1.